The maximum atomic E-state index is 12.9. The molecule has 2 unspecified atom stereocenters. The standard InChI is InChI=1S/C12H16F3N3OS/c13-12(14,15)8-3-1-2-4-9(8)18-10(19)5-7-6-20-11(16)17-7/h6,8-9H,1-5H2,(H2,16,17)(H,18,19). The molecule has 1 aromatic rings. The van der Waals surface area contributed by atoms with Gasteiger partial charge in [-0.1, -0.05) is 12.8 Å². The third-order valence-corrected chi connectivity index (χ3v) is 4.17. The Bertz CT molecular complexity index is 475. The second-order valence-corrected chi connectivity index (χ2v) is 5.85. The number of carbonyl (C=O) groups excluding carboxylic acids is 1. The number of nitrogens with two attached hydrogens (primary N) is 1. The zero-order valence-corrected chi connectivity index (χ0v) is 11.6. The van der Waals surface area contributed by atoms with Crippen LogP contribution < -0.4 is 11.1 Å². The average Bonchev–Trinajstić information content (AvgIpc) is 2.73. The summed E-state index contributed by atoms with van der Waals surface area (Å²) in [6.45, 7) is 0. The van der Waals surface area contributed by atoms with Gasteiger partial charge in [0.25, 0.3) is 0 Å². The molecule has 0 radical (unpaired) electrons. The average molecular weight is 307 g/mol. The van der Waals surface area contributed by atoms with Crippen molar-refractivity contribution in [2.45, 2.75) is 44.3 Å². The Labute approximate surface area is 118 Å². The predicted octanol–water partition coefficient (Wildman–Crippen LogP) is 2.51. The lowest BCUT2D eigenvalue weighted by molar-refractivity contribution is -0.189. The van der Waals surface area contributed by atoms with E-state index in [1.807, 2.05) is 0 Å². The van der Waals surface area contributed by atoms with Crippen molar-refractivity contribution in [1.29, 1.82) is 0 Å². The van der Waals surface area contributed by atoms with Crippen LogP contribution in [0.2, 0.25) is 0 Å². The van der Waals surface area contributed by atoms with Gasteiger partial charge in [-0.05, 0) is 12.8 Å². The lowest BCUT2D eigenvalue weighted by Crippen LogP contribution is -2.48. The highest BCUT2D eigenvalue weighted by Crippen LogP contribution is 2.37. The van der Waals surface area contributed by atoms with Gasteiger partial charge in [-0.3, -0.25) is 4.79 Å². The molecule has 4 nitrogen and oxygen atoms in total. The second-order valence-electron chi connectivity index (χ2n) is 4.96. The van der Waals surface area contributed by atoms with Gasteiger partial charge < -0.3 is 11.1 Å². The number of alkyl halides is 3. The van der Waals surface area contributed by atoms with Gasteiger partial charge in [-0.2, -0.15) is 13.2 Å². The number of aromatic nitrogens is 1. The Hall–Kier alpha value is -1.31. The molecule has 3 N–H and O–H groups in total. The van der Waals surface area contributed by atoms with Gasteiger partial charge >= 0.3 is 6.18 Å². The lowest BCUT2D eigenvalue weighted by atomic mass is 9.84. The van der Waals surface area contributed by atoms with Crippen molar-refractivity contribution < 1.29 is 18.0 Å². The molecule has 1 fully saturated rings. The molecule has 8 heteroatoms. The van der Waals surface area contributed by atoms with Gasteiger partial charge in [0.1, 0.15) is 0 Å². The van der Waals surface area contributed by atoms with Crippen molar-refractivity contribution in [3.05, 3.63) is 11.1 Å². The number of halogens is 3. The third kappa shape index (κ3) is 3.84. The van der Waals surface area contributed by atoms with E-state index in [9.17, 15) is 18.0 Å². The molecule has 0 aliphatic heterocycles. The van der Waals surface area contributed by atoms with E-state index in [2.05, 4.69) is 10.3 Å². The van der Waals surface area contributed by atoms with Crippen molar-refractivity contribution in [2.75, 3.05) is 5.73 Å². The van der Waals surface area contributed by atoms with Crippen molar-refractivity contribution in [2.24, 2.45) is 5.92 Å². The molecule has 1 aromatic heterocycles. The summed E-state index contributed by atoms with van der Waals surface area (Å²) in [4.78, 5) is 15.7. The fraction of sp³-hybridized carbons (Fsp3) is 0.667. The normalized spacial score (nSPS) is 23.6. The Morgan fingerprint density at radius 1 is 1.45 bits per heavy atom. The van der Waals surface area contributed by atoms with E-state index >= 15 is 0 Å². The highest BCUT2D eigenvalue weighted by molar-refractivity contribution is 7.13. The summed E-state index contributed by atoms with van der Waals surface area (Å²) in [7, 11) is 0. The highest BCUT2D eigenvalue weighted by Gasteiger charge is 2.45. The van der Waals surface area contributed by atoms with E-state index in [4.69, 9.17) is 5.73 Å². The van der Waals surface area contributed by atoms with E-state index in [-0.39, 0.29) is 12.8 Å². The molecular formula is C12H16F3N3OS. The van der Waals surface area contributed by atoms with Crippen LogP contribution in [0.4, 0.5) is 18.3 Å². The molecule has 0 bridgehead atoms. The SMILES string of the molecule is Nc1nc(CC(=O)NC2CCCCC2C(F)(F)F)cs1. The topological polar surface area (TPSA) is 68.0 Å². The summed E-state index contributed by atoms with van der Waals surface area (Å²) in [5, 5.41) is 4.48. The quantitative estimate of drug-likeness (QED) is 0.901. The van der Waals surface area contributed by atoms with Crippen molar-refractivity contribution in [3.8, 4) is 0 Å². The summed E-state index contributed by atoms with van der Waals surface area (Å²) in [5.41, 5.74) is 5.93. The zero-order chi connectivity index (χ0) is 14.8. The minimum absolute atomic E-state index is 0.0330. The first-order chi connectivity index (χ1) is 9.36. The van der Waals surface area contributed by atoms with Crippen molar-refractivity contribution in [3.63, 3.8) is 0 Å². The van der Waals surface area contributed by atoms with E-state index in [1.165, 1.54) is 11.3 Å². The summed E-state index contributed by atoms with van der Waals surface area (Å²) in [6.07, 6.45) is -2.58. The lowest BCUT2D eigenvalue weighted by Gasteiger charge is -2.33. The monoisotopic (exact) mass is 307 g/mol. The number of carbonyl (C=O) groups is 1. The first kappa shape index (κ1) is 15.1. The fourth-order valence-electron chi connectivity index (χ4n) is 2.52. The van der Waals surface area contributed by atoms with Crippen LogP contribution in [0, 0.1) is 5.92 Å². The molecule has 2 rings (SSSR count). The second kappa shape index (κ2) is 5.99. The Morgan fingerprint density at radius 2 is 2.15 bits per heavy atom. The van der Waals surface area contributed by atoms with Gasteiger partial charge in [0.15, 0.2) is 5.13 Å². The van der Waals surface area contributed by atoms with Crippen LogP contribution in [-0.2, 0) is 11.2 Å². The first-order valence-electron chi connectivity index (χ1n) is 6.42. The molecule has 0 aromatic carbocycles. The Kier molecular flexibility index (Phi) is 4.52. The highest BCUT2D eigenvalue weighted by atomic mass is 32.1. The van der Waals surface area contributed by atoms with Crippen LogP contribution in [0.25, 0.3) is 0 Å². The number of nitrogen functional groups attached to an aromatic ring is 1. The molecule has 0 saturated heterocycles. The molecule has 112 valence electrons. The number of thiazole rings is 1. The van der Waals surface area contributed by atoms with E-state index in [1.54, 1.807) is 5.38 Å². The van der Waals surface area contributed by atoms with Gasteiger partial charge in [-0.15, -0.1) is 11.3 Å². The number of nitrogens with one attached hydrogen (secondary N) is 1. The summed E-state index contributed by atoms with van der Waals surface area (Å²) in [6, 6.07) is -0.827. The van der Waals surface area contributed by atoms with Crippen LogP contribution in [0.15, 0.2) is 5.38 Å². The number of anilines is 1. The molecule has 1 saturated carbocycles. The Morgan fingerprint density at radius 3 is 2.75 bits per heavy atom. The van der Waals surface area contributed by atoms with Crippen LogP contribution in [-0.4, -0.2) is 23.1 Å². The van der Waals surface area contributed by atoms with E-state index in [0.717, 1.165) is 0 Å². The molecule has 0 spiro atoms. The van der Waals surface area contributed by atoms with E-state index in [0.29, 0.717) is 30.1 Å². The van der Waals surface area contributed by atoms with Gasteiger partial charge in [0.05, 0.1) is 18.0 Å². The molecular weight excluding hydrogens is 291 g/mol. The first-order valence-corrected chi connectivity index (χ1v) is 7.30. The number of hydrogen-bond acceptors (Lipinski definition) is 4. The van der Waals surface area contributed by atoms with E-state index < -0.39 is 24.0 Å². The van der Waals surface area contributed by atoms with Crippen molar-refractivity contribution >= 4 is 22.4 Å². The van der Waals surface area contributed by atoms with Gasteiger partial charge in [0, 0.05) is 11.4 Å². The molecule has 1 amide bonds. The van der Waals surface area contributed by atoms with Gasteiger partial charge in [0.2, 0.25) is 5.91 Å². The number of amides is 1. The molecule has 1 aliphatic rings. The van der Waals surface area contributed by atoms with Crippen LogP contribution in [0.1, 0.15) is 31.4 Å². The third-order valence-electron chi connectivity index (χ3n) is 3.44. The fourth-order valence-corrected chi connectivity index (χ4v) is 3.08. The molecule has 1 heterocycles. The summed E-state index contributed by atoms with van der Waals surface area (Å²) in [5.74, 6) is -1.88. The minimum Gasteiger partial charge on any atom is -0.375 e. The minimum atomic E-state index is -4.26. The number of rotatable bonds is 3. The van der Waals surface area contributed by atoms with Gasteiger partial charge in [-0.25, -0.2) is 4.98 Å². The molecule has 20 heavy (non-hydrogen) atoms. The summed E-state index contributed by atoms with van der Waals surface area (Å²) < 4.78 is 38.7. The van der Waals surface area contributed by atoms with Crippen LogP contribution >= 0.6 is 11.3 Å². The molecule has 1 aliphatic carbocycles. The van der Waals surface area contributed by atoms with Crippen molar-refractivity contribution in [1.82, 2.24) is 10.3 Å². The number of nitrogens with zero attached hydrogens (tertiary/aromatic N) is 1. The molecule has 2 atom stereocenters. The smallest absolute Gasteiger partial charge is 0.375 e. The van der Waals surface area contributed by atoms with Crippen LogP contribution in [0.3, 0.4) is 0 Å². The maximum Gasteiger partial charge on any atom is 0.393 e. The Balaban J connectivity index is 1.94. The summed E-state index contributed by atoms with van der Waals surface area (Å²) >= 11 is 1.20. The number of hydrogen-bond donors (Lipinski definition) is 2. The predicted molar refractivity (Wildman–Crippen MR) is 70.2 cm³/mol. The van der Waals surface area contributed by atoms with Crippen LogP contribution in [0.5, 0.6) is 0 Å². The zero-order valence-electron chi connectivity index (χ0n) is 10.7. The largest absolute Gasteiger partial charge is 0.393 e. The maximum absolute atomic E-state index is 12.9.